The molecule has 1 amide bonds. The minimum atomic E-state index is -2.94. The molecular formula is C16H15F2N5O2. The monoisotopic (exact) mass is 347 g/mol. The molecule has 0 radical (unpaired) electrons. The Kier molecular flexibility index (Phi) is 4.55. The van der Waals surface area contributed by atoms with Crippen LogP contribution in [0.15, 0.2) is 30.3 Å². The maximum absolute atomic E-state index is 12.3. The van der Waals surface area contributed by atoms with Gasteiger partial charge in [-0.2, -0.15) is 8.78 Å². The van der Waals surface area contributed by atoms with E-state index in [1.54, 1.807) is 4.40 Å². The molecule has 0 saturated carbocycles. The standard InChI is InChI=1S/C16H15F2N5O2/c1-9-6-10(2)23-13(21-22-16(23)20-9)8-19-14(24)11-4-3-5-12(7-11)25-15(17)18/h3-7,15H,8H2,1-2H3,(H,19,24). The predicted molar refractivity (Wildman–Crippen MR) is 84.5 cm³/mol. The lowest BCUT2D eigenvalue weighted by Crippen LogP contribution is -2.24. The van der Waals surface area contributed by atoms with Gasteiger partial charge in [0.05, 0.1) is 6.54 Å². The number of aryl methyl sites for hydroxylation is 2. The summed E-state index contributed by atoms with van der Waals surface area (Å²) in [6.07, 6.45) is 0. The van der Waals surface area contributed by atoms with Crippen LogP contribution in [0, 0.1) is 13.8 Å². The van der Waals surface area contributed by atoms with Gasteiger partial charge >= 0.3 is 6.61 Å². The quantitative estimate of drug-likeness (QED) is 0.766. The summed E-state index contributed by atoms with van der Waals surface area (Å²) in [5, 5.41) is 10.7. The maximum atomic E-state index is 12.3. The molecule has 0 unspecified atom stereocenters. The number of aromatic nitrogens is 4. The zero-order chi connectivity index (χ0) is 18.0. The van der Waals surface area contributed by atoms with E-state index in [1.807, 2.05) is 19.9 Å². The van der Waals surface area contributed by atoms with Crippen molar-refractivity contribution in [2.45, 2.75) is 27.0 Å². The maximum Gasteiger partial charge on any atom is 0.387 e. The molecule has 0 aliphatic carbocycles. The summed E-state index contributed by atoms with van der Waals surface area (Å²) in [6, 6.07) is 7.46. The SMILES string of the molecule is Cc1cc(C)n2c(CNC(=O)c3cccc(OC(F)F)c3)nnc2n1. The predicted octanol–water partition coefficient (Wildman–Crippen LogP) is 2.27. The van der Waals surface area contributed by atoms with E-state index in [-0.39, 0.29) is 17.9 Å². The number of hydrogen-bond donors (Lipinski definition) is 1. The van der Waals surface area contributed by atoms with Gasteiger partial charge in [-0.25, -0.2) is 4.98 Å². The highest BCUT2D eigenvalue weighted by molar-refractivity contribution is 5.94. The third-order valence-electron chi connectivity index (χ3n) is 3.49. The molecule has 130 valence electrons. The Morgan fingerprint density at radius 3 is 2.84 bits per heavy atom. The Bertz CT molecular complexity index is 926. The fraction of sp³-hybridized carbons (Fsp3) is 0.250. The van der Waals surface area contributed by atoms with E-state index in [1.165, 1.54) is 24.3 Å². The largest absolute Gasteiger partial charge is 0.435 e. The number of ether oxygens (including phenoxy) is 1. The molecule has 1 N–H and O–H groups in total. The minimum Gasteiger partial charge on any atom is -0.435 e. The van der Waals surface area contributed by atoms with Gasteiger partial charge in [-0.05, 0) is 38.1 Å². The molecule has 0 atom stereocenters. The second-order valence-corrected chi connectivity index (χ2v) is 5.38. The van der Waals surface area contributed by atoms with Crippen molar-refractivity contribution in [3.8, 4) is 5.75 Å². The number of halogens is 2. The molecule has 2 aromatic heterocycles. The lowest BCUT2D eigenvalue weighted by Gasteiger charge is -2.08. The van der Waals surface area contributed by atoms with Crippen molar-refractivity contribution in [2.75, 3.05) is 0 Å². The van der Waals surface area contributed by atoms with Crippen LogP contribution >= 0.6 is 0 Å². The molecule has 7 nitrogen and oxygen atoms in total. The zero-order valence-corrected chi connectivity index (χ0v) is 13.5. The summed E-state index contributed by atoms with van der Waals surface area (Å²) in [4.78, 5) is 16.5. The lowest BCUT2D eigenvalue weighted by atomic mass is 10.2. The van der Waals surface area contributed by atoms with Crippen molar-refractivity contribution in [1.29, 1.82) is 0 Å². The molecule has 2 heterocycles. The zero-order valence-electron chi connectivity index (χ0n) is 13.5. The smallest absolute Gasteiger partial charge is 0.387 e. The lowest BCUT2D eigenvalue weighted by molar-refractivity contribution is -0.0498. The van der Waals surface area contributed by atoms with E-state index in [0.717, 1.165) is 11.4 Å². The van der Waals surface area contributed by atoms with Crippen LogP contribution in [0.3, 0.4) is 0 Å². The van der Waals surface area contributed by atoms with Crippen LogP contribution < -0.4 is 10.1 Å². The fourth-order valence-electron chi connectivity index (χ4n) is 2.49. The van der Waals surface area contributed by atoms with Gasteiger partial charge in [0.15, 0.2) is 5.82 Å². The third kappa shape index (κ3) is 3.70. The number of benzene rings is 1. The van der Waals surface area contributed by atoms with Crippen LogP contribution in [0.1, 0.15) is 27.6 Å². The highest BCUT2D eigenvalue weighted by Gasteiger charge is 2.13. The summed E-state index contributed by atoms with van der Waals surface area (Å²) in [5.74, 6) is 0.461. The van der Waals surface area contributed by atoms with Gasteiger partial charge < -0.3 is 10.1 Å². The van der Waals surface area contributed by atoms with E-state index in [4.69, 9.17) is 0 Å². The molecule has 9 heteroatoms. The number of rotatable bonds is 5. The summed E-state index contributed by atoms with van der Waals surface area (Å²) in [6.45, 7) is 0.921. The van der Waals surface area contributed by atoms with Crippen LogP contribution in [-0.2, 0) is 6.54 Å². The molecular weight excluding hydrogens is 332 g/mol. The Morgan fingerprint density at radius 1 is 1.28 bits per heavy atom. The number of alkyl halides is 2. The van der Waals surface area contributed by atoms with E-state index >= 15 is 0 Å². The fourth-order valence-corrected chi connectivity index (χ4v) is 2.49. The average Bonchev–Trinajstić information content (AvgIpc) is 2.95. The number of hydrogen-bond acceptors (Lipinski definition) is 5. The van der Waals surface area contributed by atoms with Crippen molar-refractivity contribution in [2.24, 2.45) is 0 Å². The Balaban J connectivity index is 1.75. The van der Waals surface area contributed by atoms with Crippen LogP contribution in [-0.4, -0.2) is 32.1 Å². The van der Waals surface area contributed by atoms with Gasteiger partial charge in [0.25, 0.3) is 11.7 Å². The van der Waals surface area contributed by atoms with E-state index in [0.29, 0.717) is 11.6 Å². The van der Waals surface area contributed by atoms with Gasteiger partial charge in [0.1, 0.15) is 5.75 Å². The number of carbonyl (C=O) groups is 1. The van der Waals surface area contributed by atoms with Gasteiger partial charge in [0, 0.05) is 17.0 Å². The molecule has 0 saturated heterocycles. The topological polar surface area (TPSA) is 81.4 Å². The summed E-state index contributed by atoms with van der Waals surface area (Å²) < 4.78 is 30.5. The highest BCUT2D eigenvalue weighted by Crippen LogP contribution is 2.16. The van der Waals surface area contributed by atoms with Gasteiger partial charge in [-0.3, -0.25) is 9.20 Å². The van der Waals surface area contributed by atoms with E-state index in [2.05, 4.69) is 25.2 Å². The number of carbonyl (C=O) groups excluding carboxylic acids is 1. The molecule has 0 aliphatic heterocycles. The summed E-state index contributed by atoms with van der Waals surface area (Å²) in [5.41, 5.74) is 1.92. The number of nitrogens with zero attached hydrogens (tertiary/aromatic N) is 4. The van der Waals surface area contributed by atoms with Crippen molar-refractivity contribution in [3.05, 3.63) is 53.1 Å². The summed E-state index contributed by atoms with van der Waals surface area (Å²) in [7, 11) is 0. The van der Waals surface area contributed by atoms with Crippen LogP contribution in [0.5, 0.6) is 5.75 Å². The molecule has 0 bridgehead atoms. The molecule has 0 fully saturated rings. The molecule has 1 aromatic carbocycles. The minimum absolute atomic E-state index is 0.0777. The van der Waals surface area contributed by atoms with Gasteiger partial charge in [0.2, 0.25) is 0 Å². The Morgan fingerprint density at radius 2 is 2.08 bits per heavy atom. The van der Waals surface area contributed by atoms with Crippen molar-refractivity contribution >= 4 is 11.7 Å². The Labute approximate surface area is 141 Å². The van der Waals surface area contributed by atoms with Crippen molar-refractivity contribution in [1.82, 2.24) is 24.9 Å². The van der Waals surface area contributed by atoms with Crippen molar-refractivity contribution in [3.63, 3.8) is 0 Å². The summed E-state index contributed by atoms with van der Waals surface area (Å²) >= 11 is 0. The van der Waals surface area contributed by atoms with E-state index in [9.17, 15) is 13.6 Å². The number of nitrogens with one attached hydrogen (secondary N) is 1. The molecule has 3 aromatic rings. The van der Waals surface area contributed by atoms with Crippen molar-refractivity contribution < 1.29 is 18.3 Å². The first kappa shape index (κ1) is 16.7. The Hall–Kier alpha value is -3.10. The number of fused-ring (bicyclic) bond motifs is 1. The third-order valence-corrected chi connectivity index (χ3v) is 3.49. The van der Waals surface area contributed by atoms with Crippen LogP contribution in [0.4, 0.5) is 8.78 Å². The highest BCUT2D eigenvalue weighted by atomic mass is 19.3. The number of amides is 1. The van der Waals surface area contributed by atoms with Gasteiger partial charge in [-0.15, -0.1) is 10.2 Å². The van der Waals surface area contributed by atoms with Crippen LogP contribution in [0.2, 0.25) is 0 Å². The molecule has 3 rings (SSSR count). The van der Waals surface area contributed by atoms with E-state index < -0.39 is 12.5 Å². The first-order chi connectivity index (χ1) is 11.9. The first-order valence-electron chi connectivity index (χ1n) is 7.45. The normalized spacial score (nSPS) is 11.1. The second kappa shape index (κ2) is 6.80. The van der Waals surface area contributed by atoms with Gasteiger partial charge in [-0.1, -0.05) is 6.07 Å². The molecule has 0 aliphatic rings. The second-order valence-electron chi connectivity index (χ2n) is 5.38. The van der Waals surface area contributed by atoms with Crippen LogP contribution in [0.25, 0.3) is 5.78 Å². The average molecular weight is 347 g/mol. The molecule has 0 spiro atoms. The first-order valence-corrected chi connectivity index (χ1v) is 7.45. The molecule has 25 heavy (non-hydrogen) atoms.